The number of fused-ring (bicyclic) bond motifs is 1. The molecule has 1 aromatic rings. The lowest BCUT2D eigenvalue weighted by atomic mass is 9.71. The van der Waals surface area contributed by atoms with Crippen molar-refractivity contribution in [3.8, 4) is 0 Å². The number of amides is 2. The average Bonchev–Trinajstić information content (AvgIpc) is 3.55. The van der Waals surface area contributed by atoms with Crippen LogP contribution >= 0.6 is 27.7 Å². The first-order chi connectivity index (χ1) is 19.3. The Morgan fingerprint density at radius 3 is 2.67 bits per heavy atom. The maximum Gasteiger partial charge on any atom is 0.310 e. The zero-order valence-electron chi connectivity index (χ0n) is 23.3. The number of thioether (sulfide) groups is 1. The lowest BCUT2D eigenvalue weighted by Crippen LogP contribution is -2.58. The molecule has 1 N–H and O–H groups in total. The molecule has 3 aliphatic heterocycles. The second-order valence-electron chi connectivity index (χ2n) is 11.0. The van der Waals surface area contributed by atoms with Crippen LogP contribution in [0.15, 0.2) is 55.6 Å². The highest BCUT2D eigenvalue weighted by atomic mass is 79.9. The first-order valence-corrected chi connectivity index (χ1v) is 16.1. The number of carbonyl (C=O) groups is 3. The zero-order valence-corrected chi connectivity index (χ0v) is 25.7. The molecular formula is C31H41BrN2O5S. The predicted octanol–water partition coefficient (Wildman–Crippen LogP) is 4.38. The smallest absolute Gasteiger partial charge is 0.310 e. The Balaban J connectivity index is 1.74. The van der Waals surface area contributed by atoms with Gasteiger partial charge in [0.2, 0.25) is 11.8 Å². The number of ether oxygens (including phenoxy) is 1. The molecular weight excluding hydrogens is 592 g/mol. The number of allylic oxidation sites excluding steroid dienone is 1. The van der Waals surface area contributed by atoms with E-state index < -0.39 is 28.7 Å². The third-order valence-corrected chi connectivity index (χ3v) is 11.6. The predicted molar refractivity (Wildman–Crippen MR) is 162 cm³/mol. The molecule has 0 aromatic heterocycles. The third kappa shape index (κ3) is 5.79. The van der Waals surface area contributed by atoms with Crippen molar-refractivity contribution in [3.05, 3.63) is 61.2 Å². The summed E-state index contributed by atoms with van der Waals surface area (Å²) in [7, 11) is 0. The Bertz CT molecular complexity index is 1090. The summed E-state index contributed by atoms with van der Waals surface area (Å²) in [6.07, 6.45) is 7.67. The van der Waals surface area contributed by atoms with Crippen LogP contribution in [0.5, 0.6) is 0 Å². The molecule has 9 heteroatoms. The van der Waals surface area contributed by atoms with Crippen molar-refractivity contribution in [1.29, 1.82) is 0 Å². The molecule has 2 amide bonds. The highest BCUT2D eigenvalue weighted by molar-refractivity contribution is 9.09. The molecule has 3 saturated heterocycles. The number of hydrogen-bond acceptors (Lipinski definition) is 6. The van der Waals surface area contributed by atoms with Crippen molar-refractivity contribution >= 4 is 45.5 Å². The van der Waals surface area contributed by atoms with Crippen LogP contribution in [0.25, 0.3) is 0 Å². The summed E-state index contributed by atoms with van der Waals surface area (Å²) in [5, 5.41) is 10.5. The molecule has 4 rings (SSSR count). The number of alkyl halides is 1. The van der Waals surface area contributed by atoms with Crippen LogP contribution in [0.3, 0.4) is 0 Å². The lowest BCUT2D eigenvalue weighted by molar-refractivity contribution is -0.154. The number of carbonyl (C=O) groups excluding carboxylic acids is 3. The van der Waals surface area contributed by atoms with E-state index in [1.807, 2.05) is 30.3 Å². The molecule has 2 bridgehead atoms. The normalized spacial score (nSPS) is 29.2. The number of likely N-dealkylation sites (tertiary alicyclic amines) is 1. The van der Waals surface area contributed by atoms with E-state index in [0.29, 0.717) is 32.4 Å². The molecule has 1 aromatic carbocycles. The van der Waals surface area contributed by atoms with E-state index >= 15 is 0 Å². The molecule has 0 radical (unpaired) electrons. The second kappa shape index (κ2) is 13.7. The minimum Gasteiger partial charge on any atom is -0.465 e. The monoisotopic (exact) mass is 632 g/mol. The highest BCUT2D eigenvalue weighted by Gasteiger charge is 2.76. The quantitative estimate of drug-likeness (QED) is 0.134. The first-order valence-electron chi connectivity index (χ1n) is 14.3. The van der Waals surface area contributed by atoms with Crippen LogP contribution in [-0.2, 0) is 25.5 Å². The van der Waals surface area contributed by atoms with Crippen LogP contribution in [-0.4, -0.2) is 85.9 Å². The Kier molecular flexibility index (Phi) is 10.6. The second-order valence-corrected chi connectivity index (χ2v) is 13.7. The first kappa shape index (κ1) is 30.8. The summed E-state index contributed by atoms with van der Waals surface area (Å²) in [4.78, 5) is 45.8. The average molecular weight is 634 g/mol. The van der Waals surface area contributed by atoms with Crippen molar-refractivity contribution in [1.82, 2.24) is 9.80 Å². The lowest BCUT2D eigenvalue weighted by Gasteiger charge is -2.40. The van der Waals surface area contributed by atoms with E-state index in [1.54, 1.807) is 33.7 Å². The van der Waals surface area contributed by atoms with Crippen LogP contribution in [0.2, 0.25) is 0 Å². The third-order valence-electron chi connectivity index (χ3n) is 8.39. The van der Waals surface area contributed by atoms with E-state index in [1.165, 1.54) is 0 Å². The molecule has 40 heavy (non-hydrogen) atoms. The van der Waals surface area contributed by atoms with Gasteiger partial charge in [0.05, 0.1) is 35.8 Å². The van der Waals surface area contributed by atoms with Gasteiger partial charge in [-0.05, 0) is 37.7 Å². The van der Waals surface area contributed by atoms with Gasteiger partial charge in [0.25, 0.3) is 0 Å². The molecule has 0 aliphatic carbocycles. The number of aliphatic hydroxyl groups excluding tert-OH is 1. The Morgan fingerprint density at radius 1 is 1.27 bits per heavy atom. The molecule has 7 nitrogen and oxygen atoms in total. The van der Waals surface area contributed by atoms with Crippen LogP contribution in [0.1, 0.15) is 44.6 Å². The van der Waals surface area contributed by atoms with Gasteiger partial charge in [0.15, 0.2) is 0 Å². The molecule has 218 valence electrons. The maximum absolute atomic E-state index is 14.5. The largest absolute Gasteiger partial charge is 0.465 e. The van der Waals surface area contributed by atoms with Crippen LogP contribution in [0, 0.1) is 11.8 Å². The molecule has 3 aliphatic rings. The van der Waals surface area contributed by atoms with Crippen LogP contribution < -0.4 is 0 Å². The van der Waals surface area contributed by atoms with Gasteiger partial charge in [-0.25, -0.2) is 0 Å². The molecule has 3 heterocycles. The van der Waals surface area contributed by atoms with Gasteiger partial charge in [0.1, 0.15) is 6.04 Å². The van der Waals surface area contributed by atoms with Crippen molar-refractivity contribution in [2.24, 2.45) is 11.8 Å². The van der Waals surface area contributed by atoms with Gasteiger partial charge in [-0.1, -0.05) is 71.8 Å². The van der Waals surface area contributed by atoms with E-state index in [0.717, 1.165) is 24.8 Å². The number of unbranched alkanes of at least 4 members (excludes halogenated alkanes) is 2. The van der Waals surface area contributed by atoms with Crippen LogP contribution in [0.4, 0.5) is 0 Å². The number of hydrogen-bond donors (Lipinski definition) is 1. The number of benzene rings is 1. The highest BCUT2D eigenvalue weighted by Crippen LogP contribution is 2.68. The summed E-state index contributed by atoms with van der Waals surface area (Å²) in [6.45, 7) is 10.6. The van der Waals surface area contributed by atoms with Crippen molar-refractivity contribution in [2.45, 2.75) is 72.4 Å². The summed E-state index contributed by atoms with van der Waals surface area (Å²) >= 11 is 5.39. The fraction of sp³-hybridized carbons (Fsp3) is 0.581. The maximum atomic E-state index is 14.5. The van der Waals surface area contributed by atoms with Gasteiger partial charge < -0.3 is 19.6 Å². The van der Waals surface area contributed by atoms with E-state index in [4.69, 9.17) is 4.74 Å². The van der Waals surface area contributed by atoms with Gasteiger partial charge in [-0.3, -0.25) is 14.4 Å². The molecule has 0 saturated carbocycles. The number of esters is 1. The zero-order chi connectivity index (χ0) is 28.9. The number of rotatable bonds is 15. The standard InChI is InChI=1S/C31H41BrN2O5S/c1-4-7-12-17-39-30(38)24-25-28(36)34(22(20-35)18-21-13-10-9-11-14-21)27(31(25)19-23(32)26(24)40-31)29(37)33(15-6-3)16-8-5-2/h4,6,9-11,13-14,22-27,35H,1,3,5,7-8,12,15-20H2,2H3/t22-,23?,24-,25+,26-,27?,31?/m1/s1. The summed E-state index contributed by atoms with van der Waals surface area (Å²) < 4.78 is 4.90. The Hall–Kier alpha value is -2.10. The minimum atomic E-state index is -0.795. The SMILES string of the molecule is C=CCCCOC(=O)[C@H]1[C@@H]2SC3(CC2Br)C(C(=O)N(CC=C)CCCC)N([C@@H](CO)Cc2ccccc2)C(=O)[C@H]13. The summed E-state index contributed by atoms with van der Waals surface area (Å²) in [5.74, 6) is -2.08. The molecule has 3 unspecified atom stereocenters. The summed E-state index contributed by atoms with van der Waals surface area (Å²) in [5.41, 5.74) is 0.970. The Labute approximate surface area is 250 Å². The number of nitrogens with zero attached hydrogens (tertiary/aromatic N) is 2. The van der Waals surface area contributed by atoms with E-state index in [-0.39, 0.29) is 41.1 Å². The van der Waals surface area contributed by atoms with Gasteiger partial charge in [-0.15, -0.1) is 24.9 Å². The summed E-state index contributed by atoms with van der Waals surface area (Å²) in [6, 6.07) is 8.30. The molecule has 3 fully saturated rings. The fourth-order valence-electron chi connectivity index (χ4n) is 6.61. The van der Waals surface area contributed by atoms with Crippen molar-refractivity contribution < 1.29 is 24.2 Å². The van der Waals surface area contributed by atoms with Crippen molar-refractivity contribution in [3.63, 3.8) is 0 Å². The van der Waals surface area contributed by atoms with Crippen molar-refractivity contribution in [2.75, 3.05) is 26.3 Å². The van der Waals surface area contributed by atoms with Gasteiger partial charge >= 0.3 is 5.97 Å². The number of aliphatic hydroxyl groups is 1. The van der Waals surface area contributed by atoms with Gasteiger partial charge in [-0.2, -0.15) is 0 Å². The minimum absolute atomic E-state index is 0.0345. The molecule has 1 spiro atoms. The topological polar surface area (TPSA) is 87.2 Å². The fourth-order valence-corrected chi connectivity index (χ4v) is 10.2. The van der Waals surface area contributed by atoms with Gasteiger partial charge in [0, 0.05) is 23.2 Å². The Morgan fingerprint density at radius 2 is 2.02 bits per heavy atom. The molecule has 7 atom stereocenters. The van der Waals surface area contributed by atoms with E-state index in [9.17, 15) is 19.5 Å². The van der Waals surface area contributed by atoms with E-state index in [2.05, 4.69) is 36.0 Å². The number of halogens is 1.